The molecular weight excluding hydrogens is 240 g/mol. The van der Waals surface area contributed by atoms with E-state index in [0.717, 1.165) is 51.3 Å². The number of hydrogen-bond acceptors (Lipinski definition) is 2. The molecule has 19 heavy (non-hydrogen) atoms. The second-order valence-electron chi connectivity index (χ2n) is 5.07. The number of nitrogens with zero attached hydrogens (tertiary/aromatic N) is 2. The van der Waals surface area contributed by atoms with Crippen LogP contribution < -0.4 is 10.6 Å². The number of likely N-dealkylation sites (tertiary alicyclic amines) is 1. The van der Waals surface area contributed by atoms with Crippen LogP contribution >= 0.6 is 0 Å². The van der Waals surface area contributed by atoms with Crippen molar-refractivity contribution in [2.24, 2.45) is 4.99 Å². The first-order chi connectivity index (χ1) is 9.29. The van der Waals surface area contributed by atoms with Crippen molar-refractivity contribution in [1.82, 2.24) is 15.5 Å². The number of nitrogens with one attached hydrogen (secondary N) is 2. The SMILES string of the molecule is CCNC(=NCC(=O)N1CCCC1)NC1CC=CC1. The predicted octanol–water partition coefficient (Wildman–Crippen LogP) is 0.883. The van der Waals surface area contributed by atoms with Gasteiger partial charge in [0.15, 0.2) is 5.96 Å². The van der Waals surface area contributed by atoms with E-state index in [1.807, 2.05) is 11.8 Å². The van der Waals surface area contributed by atoms with Gasteiger partial charge in [-0.2, -0.15) is 0 Å². The number of hydrogen-bond donors (Lipinski definition) is 2. The van der Waals surface area contributed by atoms with Gasteiger partial charge in [0.05, 0.1) is 0 Å². The summed E-state index contributed by atoms with van der Waals surface area (Å²) in [7, 11) is 0. The van der Waals surface area contributed by atoms with Gasteiger partial charge in [-0.15, -0.1) is 0 Å². The Morgan fingerprint density at radius 2 is 2.00 bits per heavy atom. The zero-order valence-electron chi connectivity index (χ0n) is 11.7. The minimum Gasteiger partial charge on any atom is -0.357 e. The van der Waals surface area contributed by atoms with Gasteiger partial charge < -0.3 is 15.5 Å². The predicted molar refractivity (Wildman–Crippen MR) is 77.1 cm³/mol. The highest BCUT2D eigenvalue weighted by Gasteiger charge is 2.17. The minimum atomic E-state index is 0.138. The zero-order chi connectivity index (χ0) is 13.5. The highest BCUT2D eigenvalue weighted by Crippen LogP contribution is 2.09. The van der Waals surface area contributed by atoms with Crippen molar-refractivity contribution < 1.29 is 4.79 Å². The molecule has 1 heterocycles. The van der Waals surface area contributed by atoms with Crippen molar-refractivity contribution in [2.45, 2.75) is 38.6 Å². The highest BCUT2D eigenvalue weighted by atomic mass is 16.2. The van der Waals surface area contributed by atoms with Crippen LogP contribution in [0.25, 0.3) is 0 Å². The Morgan fingerprint density at radius 3 is 2.63 bits per heavy atom. The molecule has 1 saturated heterocycles. The summed E-state index contributed by atoms with van der Waals surface area (Å²) in [5.41, 5.74) is 0. The summed E-state index contributed by atoms with van der Waals surface area (Å²) in [5.74, 6) is 0.892. The topological polar surface area (TPSA) is 56.7 Å². The Bertz CT molecular complexity index is 350. The molecular formula is C14H24N4O. The van der Waals surface area contributed by atoms with Crippen molar-refractivity contribution in [3.8, 4) is 0 Å². The van der Waals surface area contributed by atoms with E-state index in [1.54, 1.807) is 0 Å². The maximum atomic E-state index is 11.9. The lowest BCUT2D eigenvalue weighted by Gasteiger charge is -2.18. The average molecular weight is 264 g/mol. The number of rotatable bonds is 4. The molecule has 1 amide bonds. The van der Waals surface area contributed by atoms with E-state index < -0.39 is 0 Å². The van der Waals surface area contributed by atoms with Crippen LogP contribution in [-0.2, 0) is 4.79 Å². The molecule has 0 spiro atoms. The molecule has 0 bridgehead atoms. The van der Waals surface area contributed by atoms with Crippen LogP contribution in [0.2, 0.25) is 0 Å². The van der Waals surface area contributed by atoms with Gasteiger partial charge >= 0.3 is 0 Å². The molecule has 106 valence electrons. The number of amides is 1. The molecule has 1 aliphatic heterocycles. The summed E-state index contributed by atoms with van der Waals surface area (Å²) in [5, 5.41) is 6.56. The maximum Gasteiger partial charge on any atom is 0.244 e. The monoisotopic (exact) mass is 264 g/mol. The summed E-state index contributed by atoms with van der Waals surface area (Å²) < 4.78 is 0. The molecule has 2 rings (SSSR count). The van der Waals surface area contributed by atoms with Crippen molar-refractivity contribution in [2.75, 3.05) is 26.2 Å². The molecule has 5 nitrogen and oxygen atoms in total. The summed E-state index contributed by atoms with van der Waals surface area (Å²) in [6.07, 6.45) is 8.67. The van der Waals surface area contributed by atoms with Gasteiger partial charge in [-0.05, 0) is 32.6 Å². The molecule has 0 aromatic carbocycles. The van der Waals surface area contributed by atoms with Crippen LogP contribution in [0.15, 0.2) is 17.1 Å². The standard InChI is InChI=1S/C14H24N4O/c1-2-15-14(17-12-7-3-4-8-12)16-11-13(19)18-9-5-6-10-18/h3-4,12H,2,5-11H2,1H3,(H2,15,16,17). The summed E-state index contributed by atoms with van der Waals surface area (Å²) >= 11 is 0. The normalized spacial score (nSPS) is 20.1. The van der Waals surface area contributed by atoms with Crippen LogP contribution in [0.5, 0.6) is 0 Å². The second-order valence-corrected chi connectivity index (χ2v) is 5.07. The van der Waals surface area contributed by atoms with Crippen molar-refractivity contribution in [3.63, 3.8) is 0 Å². The van der Waals surface area contributed by atoms with E-state index in [4.69, 9.17) is 0 Å². The molecule has 5 heteroatoms. The molecule has 0 aromatic rings. The molecule has 0 radical (unpaired) electrons. The fourth-order valence-electron chi connectivity index (χ4n) is 2.46. The molecule has 0 unspecified atom stereocenters. The lowest BCUT2D eigenvalue weighted by Crippen LogP contribution is -2.43. The largest absolute Gasteiger partial charge is 0.357 e. The maximum absolute atomic E-state index is 11.9. The zero-order valence-corrected chi connectivity index (χ0v) is 11.7. The van der Waals surface area contributed by atoms with Gasteiger partial charge in [-0.25, -0.2) is 4.99 Å². The van der Waals surface area contributed by atoms with Gasteiger partial charge in [0.2, 0.25) is 5.91 Å². The van der Waals surface area contributed by atoms with E-state index in [-0.39, 0.29) is 12.5 Å². The summed E-state index contributed by atoms with van der Waals surface area (Å²) in [6, 6.07) is 0.416. The molecule has 0 atom stereocenters. The van der Waals surface area contributed by atoms with Gasteiger partial charge in [0.25, 0.3) is 0 Å². The van der Waals surface area contributed by atoms with Crippen LogP contribution in [0.1, 0.15) is 32.6 Å². The smallest absolute Gasteiger partial charge is 0.244 e. The van der Waals surface area contributed by atoms with Crippen LogP contribution in [0.4, 0.5) is 0 Å². The summed E-state index contributed by atoms with van der Waals surface area (Å²) in [6.45, 7) is 4.88. The van der Waals surface area contributed by atoms with Crippen LogP contribution in [-0.4, -0.2) is 49.0 Å². The lowest BCUT2D eigenvalue weighted by molar-refractivity contribution is -0.128. The van der Waals surface area contributed by atoms with Crippen molar-refractivity contribution >= 4 is 11.9 Å². The van der Waals surface area contributed by atoms with E-state index in [0.29, 0.717) is 6.04 Å². The Kier molecular flexibility index (Phi) is 5.24. The quantitative estimate of drug-likeness (QED) is 0.450. The highest BCUT2D eigenvalue weighted by molar-refractivity contribution is 5.85. The van der Waals surface area contributed by atoms with Crippen molar-refractivity contribution in [3.05, 3.63) is 12.2 Å². The van der Waals surface area contributed by atoms with E-state index in [1.165, 1.54) is 0 Å². The number of carbonyl (C=O) groups excluding carboxylic acids is 1. The number of guanidine groups is 1. The second kappa shape index (κ2) is 7.16. The number of aliphatic imine (C=N–C) groups is 1. The first kappa shape index (κ1) is 13.9. The van der Waals surface area contributed by atoms with E-state index >= 15 is 0 Å². The number of carbonyl (C=O) groups is 1. The Morgan fingerprint density at radius 1 is 1.32 bits per heavy atom. The minimum absolute atomic E-state index is 0.138. The van der Waals surface area contributed by atoms with Gasteiger partial charge in [0.1, 0.15) is 6.54 Å². The molecule has 2 N–H and O–H groups in total. The molecule has 1 fully saturated rings. The van der Waals surface area contributed by atoms with Gasteiger partial charge in [-0.3, -0.25) is 4.79 Å². The third kappa shape index (κ3) is 4.26. The van der Waals surface area contributed by atoms with Gasteiger partial charge in [0, 0.05) is 25.7 Å². The molecule has 2 aliphatic rings. The average Bonchev–Trinajstić information content (AvgIpc) is 3.08. The Balaban J connectivity index is 1.82. The third-order valence-corrected chi connectivity index (χ3v) is 3.52. The van der Waals surface area contributed by atoms with E-state index in [2.05, 4.69) is 27.8 Å². The van der Waals surface area contributed by atoms with E-state index in [9.17, 15) is 4.79 Å². The van der Waals surface area contributed by atoms with Crippen molar-refractivity contribution in [1.29, 1.82) is 0 Å². The molecule has 0 saturated carbocycles. The summed E-state index contributed by atoms with van der Waals surface area (Å²) in [4.78, 5) is 18.2. The Hall–Kier alpha value is -1.52. The van der Waals surface area contributed by atoms with Crippen LogP contribution in [0.3, 0.4) is 0 Å². The first-order valence-electron chi connectivity index (χ1n) is 7.27. The Labute approximate surface area is 115 Å². The lowest BCUT2D eigenvalue weighted by atomic mass is 10.2. The molecule has 0 aromatic heterocycles. The van der Waals surface area contributed by atoms with Gasteiger partial charge in [-0.1, -0.05) is 12.2 Å². The third-order valence-electron chi connectivity index (χ3n) is 3.52. The van der Waals surface area contributed by atoms with Crippen LogP contribution in [0, 0.1) is 0 Å². The first-order valence-corrected chi connectivity index (χ1v) is 7.27. The fraction of sp³-hybridized carbons (Fsp3) is 0.714. The molecule has 1 aliphatic carbocycles. The fourth-order valence-corrected chi connectivity index (χ4v) is 2.46.